The molecule has 0 atom stereocenters. The molecule has 0 spiro atoms. The Balaban J connectivity index is 1.64. The van der Waals surface area contributed by atoms with Crippen molar-refractivity contribution in [1.82, 2.24) is 4.90 Å². The minimum atomic E-state index is -0.799. The van der Waals surface area contributed by atoms with E-state index >= 15 is 0 Å². The highest BCUT2D eigenvalue weighted by Crippen LogP contribution is 2.32. The van der Waals surface area contributed by atoms with Crippen molar-refractivity contribution in [3.05, 3.63) is 72.0 Å². The van der Waals surface area contributed by atoms with Crippen LogP contribution in [0.25, 0.3) is 16.5 Å². The first-order chi connectivity index (χ1) is 16.0. The second kappa shape index (κ2) is 7.86. The molecule has 5 rings (SSSR count). The molecular formula is C24H18N4O5. The number of esters is 1. The van der Waals surface area contributed by atoms with Gasteiger partial charge in [-0.1, -0.05) is 36.4 Å². The number of ether oxygens (including phenoxy) is 1. The molecule has 2 aromatic carbocycles. The molecule has 0 saturated heterocycles. The van der Waals surface area contributed by atoms with Crippen molar-refractivity contribution in [3.63, 3.8) is 0 Å². The second-order valence-electron chi connectivity index (χ2n) is 7.30. The zero-order chi connectivity index (χ0) is 23.1. The third-order valence-corrected chi connectivity index (χ3v) is 5.26. The smallest absolute Gasteiger partial charge is 0.376 e. The van der Waals surface area contributed by atoms with Crippen molar-refractivity contribution in [2.75, 3.05) is 11.6 Å². The second-order valence-corrected chi connectivity index (χ2v) is 7.30. The number of allylic oxidation sites excluding steroid dienone is 1. The first-order valence-corrected chi connectivity index (χ1v) is 10.3. The zero-order valence-electron chi connectivity index (χ0n) is 17.8. The SMILES string of the molecule is CCOC(=O)C1=NN(c2ccccc2)C2=NC(=O)/C(=C(/C)c3cc4ccccc4o3)C(=O)N12. The Hall–Kier alpha value is -4.53. The fourth-order valence-electron chi connectivity index (χ4n) is 3.69. The monoisotopic (exact) mass is 442 g/mol. The lowest BCUT2D eigenvalue weighted by Gasteiger charge is -2.25. The number of carbonyl (C=O) groups is 3. The van der Waals surface area contributed by atoms with Gasteiger partial charge in [0.25, 0.3) is 11.8 Å². The Kier molecular flexibility index (Phi) is 4.86. The van der Waals surface area contributed by atoms with Crippen molar-refractivity contribution in [1.29, 1.82) is 0 Å². The predicted octanol–water partition coefficient (Wildman–Crippen LogP) is 3.33. The Morgan fingerprint density at radius 1 is 1.06 bits per heavy atom. The molecule has 0 bridgehead atoms. The normalized spacial score (nSPS) is 17.2. The summed E-state index contributed by atoms with van der Waals surface area (Å²) in [5.41, 5.74) is 1.26. The number of rotatable bonds is 4. The van der Waals surface area contributed by atoms with E-state index in [-0.39, 0.29) is 24.0 Å². The average molecular weight is 442 g/mol. The van der Waals surface area contributed by atoms with Crippen LogP contribution in [0, 0.1) is 0 Å². The molecule has 0 N–H and O–H groups in total. The van der Waals surface area contributed by atoms with Gasteiger partial charge in [-0.2, -0.15) is 10.0 Å². The van der Waals surface area contributed by atoms with E-state index in [4.69, 9.17) is 9.15 Å². The van der Waals surface area contributed by atoms with E-state index in [1.165, 1.54) is 5.01 Å². The first-order valence-electron chi connectivity index (χ1n) is 10.3. The molecule has 1 aromatic heterocycles. The molecule has 0 unspecified atom stereocenters. The number of carbonyl (C=O) groups excluding carboxylic acids is 3. The van der Waals surface area contributed by atoms with E-state index in [0.29, 0.717) is 22.6 Å². The predicted molar refractivity (Wildman–Crippen MR) is 121 cm³/mol. The topological polar surface area (TPSA) is 105 Å². The molecule has 0 aliphatic carbocycles. The molecule has 2 aliphatic rings. The first kappa shape index (κ1) is 20.4. The summed E-state index contributed by atoms with van der Waals surface area (Å²) in [6.45, 7) is 3.35. The lowest BCUT2D eigenvalue weighted by Crippen LogP contribution is -2.49. The minimum Gasteiger partial charge on any atom is -0.460 e. The third kappa shape index (κ3) is 3.30. The van der Waals surface area contributed by atoms with Crippen LogP contribution >= 0.6 is 0 Å². The lowest BCUT2D eigenvalue weighted by molar-refractivity contribution is -0.137. The van der Waals surface area contributed by atoms with Gasteiger partial charge in [0.1, 0.15) is 16.9 Å². The number of guanidine groups is 1. The largest absolute Gasteiger partial charge is 0.460 e. The van der Waals surface area contributed by atoms with Crippen LogP contribution < -0.4 is 5.01 Å². The lowest BCUT2D eigenvalue weighted by atomic mass is 10.0. The number of amides is 2. The van der Waals surface area contributed by atoms with Gasteiger partial charge in [-0.25, -0.2) is 9.69 Å². The van der Waals surface area contributed by atoms with Crippen molar-refractivity contribution in [2.45, 2.75) is 13.8 Å². The number of furan rings is 1. The number of anilines is 1. The van der Waals surface area contributed by atoms with Gasteiger partial charge in [-0.3, -0.25) is 9.59 Å². The van der Waals surface area contributed by atoms with Crippen LogP contribution in [0.2, 0.25) is 0 Å². The summed E-state index contributed by atoms with van der Waals surface area (Å²) in [6.07, 6.45) is 0. The number of amidine groups is 1. The van der Waals surface area contributed by atoms with Crippen LogP contribution in [0.3, 0.4) is 0 Å². The maximum atomic E-state index is 13.6. The Morgan fingerprint density at radius 3 is 2.52 bits per heavy atom. The van der Waals surface area contributed by atoms with Gasteiger partial charge in [-0.15, -0.1) is 5.10 Å². The van der Waals surface area contributed by atoms with Crippen LogP contribution in [-0.4, -0.2) is 41.1 Å². The van der Waals surface area contributed by atoms with Gasteiger partial charge in [0.2, 0.25) is 11.8 Å². The van der Waals surface area contributed by atoms with E-state index in [1.54, 1.807) is 50.2 Å². The molecule has 33 heavy (non-hydrogen) atoms. The van der Waals surface area contributed by atoms with Crippen LogP contribution in [0.15, 0.2) is 80.7 Å². The number of hydrogen-bond donors (Lipinski definition) is 0. The van der Waals surface area contributed by atoms with Gasteiger partial charge in [-0.05, 0) is 38.1 Å². The Bertz CT molecular complexity index is 1370. The summed E-state index contributed by atoms with van der Waals surface area (Å²) in [6, 6.07) is 17.9. The van der Waals surface area contributed by atoms with E-state index in [1.807, 2.05) is 24.3 Å². The summed E-state index contributed by atoms with van der Waals surface area (Å²) in [7, 11) is 0. The fourth-order valence-corrected chi connectivity index (χ4v) is 3.69. The molecule has 3 heterocycles. The number of hydrogen-bond acceptors (Lipinski definition) is 7. The molecule has 2 aliphatic heterocycles. The summed E-state index contributed by atoms with van der Waals surface area (Å²) >= 11 is 0. The Morgan fingerprint density at radius 2 is 1.79 bits per heavy atom. The summed E-state index contributed by atoms with van der Waals surface area (Å²) < 4.78 is 10.9. The molecule has 164 valence electrons. The molecule has 3 aromatic rings. The van der Waals surface area contributed by atoms with Gasteiger partial charge in [0, 0.05) is 11.0 Å². The van der Waals surface area contributed by atoms with Crippen molar-refractivity contribution >= 4 is 51.8 Å². The standard InChI is InChI=1S/C24H18N4O5/c1-3-32-23(31)20-26-28(16-10-5-4-6-11-16)24-25-21(29)19(22(30)27(20)24)14(2)18-13-15-9-7-8-12-17(15)33-18/h4-13H,3H2,1-2H3/b19-14+. The highest BCUT2D eigenvalue weighted by atomic mass is 16.5. The number of benzene rings is 2. The molecule has 9 nitrogen and oxygen atoms in total. The van der Waals surface area contributed by atoms with Crippen LogP contribution in [-0.2, 0) is 19.1 Å². The van der Waals surface area contributed by atoms with Gasteiger partial charge in [0.15, 0.2) is 0 Å². The maximum absolute atomic E-state index is 13.6. The molecule has 2 amide bonds. The van der Waals surface area contributed by atoms with E-state index in [0.717, 1.165) is 10.3 Å². The van der Waals surface area contributed by atoms with Gasteiger partial charge >= 0.3 is 5.97 Å². The van der Waals surface area contributed by atoms with Crippen molar-refractivity contribution in [3.8, 4) is 0 Å². The van der Waals surface area contributed by atoms with Crippen LogP contribution in [0.5, 0.6) is 0 Å². The highest BCUT2D eigenvalue weighted by Gasteiger charge is 2.47. The van der Waals surface area contributed by atoms with E-state index in [9.17, 15) is 14.4 Å². The van der Waals surface area contributed by atoms with E-state index in [2.05, 4.69) is 10.1 Å². The van der Waals surface area contributed by atoms with Crippen LogP contribution in [0.1, 0.15) is 19.6 Å². The van der Waals surface area contributed by atoms with Gasteiger partial charge < -0.3 is 9.15 Å². The molecular weight excluding hydrogens is 424 g/mol. The minimum absolute atomic E-state index is 0.0830. The number of fused-ring (bicyclic) bond motifs is 2. The average Bonchev–Trinajstić information content (AvgIpc) is 3.42. The fraction of sp³-hybridized carbons (Fsp3) is 0.125. The number of aliphatic imine (C=N–C) groups is 1. The summed E-state index contributed by atoms with van der Waals surface area (Å²) in [5.74, 6) is -2.27. The molecule has 0 saturated carbocycles. The molecule has 0 fully saturated rings. The van der Waals surface area contributed by atoms with Gasteiger partial charge in [0.05, 0.1) is 12.3 Å². The van der Waals surface area contributed by atoms with Crippen molar-refractivity contribution in [2.24, 2.45) is 10.1 Å². The molecule has 0 radical (unpaired) electrons. The summed E-state index contributed by atoms with van der Waals surface area (Å²) in [4.78, 5) is 44.3. The van der Waals surface area contributed by atoms with E-state index < -0.39 is 17.8 Å². The number of nitrogens with zero attached hydrogens (tertiary/aromatic N) is 4. The number of hydrazone groups is 1. The highest BCUT2D eigenvalue weighted by molar-refractivity contribution is 6.50. The quantitative estimate of drug-likeness (QED) is 0.349. The summed E-state index contributed by atoms with van der Waals surface area (Å²) in [5, 5.41) is 6.36. The van der Waals surface area contributed by atoms with Crippen LogP contribution in [0.4, 0.5) is 5.69 Å². The Labute approximate surface area is 188 Å². The maximum Gasteiger partial charge on any atom is 0.376 e. The molecule has 9 heteroatoms. The van der Waals surface area contributed by atoms with Crippen molar-refractivity contribution < 1.29 is 23.5 Å². The zero-order valence-corrected chi connectivity index (χ0v) is 17.8. The third-order valence-electron chi connectivity index (χ3n) is 5.26. The number of para-hydroxylation sites is 2.